The minimum atomic E-state index is 1.06. The molecule has 0 fully saturated rings. The zero-order chi connectivity index (χ0) is 8.53. The maximum Gasteiger partial charge on any atom is 0.168 e. The molecule has 2 heteroatoms. The smallest absolute Gasteiger partial charge is 0.168 e. The molecule has 1 nitrogen and oxygen atoms in total. The summed E-state index contributed by atoms with van der Waals surface area (Å²) >= 11 is 4.76. The molecule has 1 aromatic heterocycles. The summed E-state index contributed by atoms with van der Waals surface area (Å²) in [7, 11) is 0. The molecule has 0 spiro atoms. The van der Waals surface area contributed by atoms with E-state index in [1.807, 2.05) is 18.2 Å². The van der Waals surface area contributed by atoms with Crippen molar-refractivity contribution in [3.8, 4) is 0 Å². The van der Waals surface area contributed by atoms with Crippen molar-refractivity contribution in [2.75, 3.05) is 0 Å². The van der Waals surface area contributed by atoms with E-state index in [4.69, 9.17) is 11.6 Å². The van der Waals surface area contributed by atoms with E-state index in [0.29, 0.717) is 0 Å². The minimum Gasteiger partial charge on any atom is -0.205 e. The van der Waals surface area contributed by atoms with Crippen molar-refractivity contribution >= 4 is 11.6 Å². The van der Waals surface area contributed by atoms with Gasteiger partial charge in [0.25, 0.3) is 0 Å². The molecule has 0 bridgehead atoms. The Kier molecular flexibility index (Phi) is 6.75. The lowest BCUT2D eigenvalue weighted by molar-refractivity contribution is -0.693. The van der Waals surface area contributed by atoms with Crippen molar-refractivity contribution in [3.05, 3.63) is 42.7 Å². The monoisotopic (exact) mass is 170 g/mol. The number of nitrogens with zero attached hydrogens (tertiary/aromatic N) is 1. The van der Waals surface area contributed by atoms with Gasteiger partial charge in [-0.25, -0.2) is 4.57 Å². The quantitative estimate of drug-likeness (QED) is 0.570. The van der Waals surface area contributed by atoms with Crippen LogP contribution in [0.15, 0.2) is 42.7 Å². The fourth-order valence-electron chi connectivity index (χ4n) is 0.645. The highest BCUT2D eigenvalue weighted by Gasteiger charge is 1.86. The van der Waals surface area contributed by atoms with Gasteiger partial charge < -0.3 is 0 Å². The first kappa shape index (κ1) is 10.2. The van der Waals surface area contributed by atoms with E-state index >= 15 is 0 Å². The lowest BCUT2D eigenvalue weighted by Crippen LogP contribution is -2.30. The van der Waals surface area contributed by atoms with E-state index in [-0.39, 0.29) is 0 Å². The van der Waals surface area contributed by atoms with E-state index in [1.165, 1.54) is 5.54 Å². The van der Waals surface area contributed by atoms with Crippen LogP contribution in [0.3, 0.4) is 0 Å². The summed E-state index contributed by atoms with van der Waals surface area (Å²) in [5.74, 6) is 0. The van der Waals surface area contributed by atoms with Crippen molar-refractivity contribution < 1.29 is 4.57 Å². The standard InChI is InChI=1S/C7H10N.C2H3Cl/c1-2-8-6-4-3-5-7-8;1-2-3/h3-7H,2H2,1H3;2H,1H2/q+1;. The number of hydrogen-bond donors (Lipinski definition) is 0. The Hall–Kier alpha value is -0.820. The van der Waals surface area contributed by atoms with Gasteiger partial charge in [-0.05, 0) is 12.5 Å². The lowest BCUT2D eigenvalue weighted by atomic mass is 10.5. The third-order valence-corrected chi connectivity index (χ3v) is 1.14. The summed E-state index contributed by atoms with van der Waals surface area (Å²) < 4.78 is 2.12. The zero-order valence-corrected chi connectivity index (χ0v) is 7.46. The molecule has 60 valence electrons. The van der Waals surface area contributed by atoms with E-state index in [2.05, 4.69) is 30.5 Å². The third-order valence-electron chi connectivity index (χ3n) is 1.14. The molecule has 0 aromatic carbocycles. The van der Waals surface area contributed by atoms with Crippen molar-refractivity contribution in [2.24, 2.45) is 0 Å². The molecule has 0 aliphatic heterocycles. The first-order chi connectivity index (χ1) is 5.35. The Bertz CT molecular complexity index is 184. The van der Waals surface area contributed by atoms with Crippen molar-refractivity contribution in [1.82, 2.24) is 0 Å². The molecule has 0 N–H and O–H groups in total. The molecule has 0 saturated heterocycles. The van der Waals surface area contributed by atoms with Crippen LogP contribution in [0.4, 0.5) is 0 Å². The van der Waals surface area contributed by atoms with Gasteiger partial charge in [-0.1, -0.05) is 24.2 Å². The predicted octanol–water partition coefficient (Wildman–Crippen LogP) is 2.36. The Morgan fingerprint density at radius 2 is 1.82 bits per heavy atom. The third kappa shape index (κ3) is 5.62. The predicted molar refractivity (Wildman–Crippen MR) is 48.4 cm³/mol. The highest BCUT2D eigenvalue weighted by atomic mass is 35.5. The summed E-state index contributed by atoms with van der Waals surface area (Å²) in [6, 6.07) is 6.08. The number of aromatic nitrogens is 1. The fourth-order valence-corrected chi connectivity index (χ4v) is 0.645. The van der Waals surface area contributed by atoms with Crippen LogP contribution in [0.5, 0.6) is 0 Å². The molecular formula is C9H13ClN+. The van der Waals surface area contributed by atoms with E-state index in [1.54, 1.807) is 0 Å². The Morgan fingerprint density at radius 1 is 1.36 bits per heavy atom. The molecule has 0 radical (unpaired) electrons. The van der Waals surface area contributed by atoms with Crippen molar-refractivity contribution in [2.45, 2.75) is 13.5 Å². The second-order valence-corrected chi connectivity index (χ2v) is 2.17. The Labute approximate surface area is 72.9 Å². The van der Waals surface area contributed by atoms with Gasteiger partial charge in [0.15, 0.2) is 12.4 Å². The lowest BCUT2D eigenvalue weighted by Gasteiger charge is -1.84. The van der Waals surface area contributed by atoms with Crippen LogP contribution in [0.1, 0.15) is 6.92 Å². The summed E-state index contributed by atoms with van der Waals surface area (Å²) in [5.41, 5.74) is 1.22. The molecule has 1 heterocycles. The van der Waals surface area contributed by atoms with Crippen molar-refractivity contribution in [1.29, 1.82) is 0 Å². The summed E-state index contributed by atoms with van der Waals surface area (Å²) in [6.45, 7) is 6.31. The fraction of sp³-hybridized carbons (Fsp3) is 0.222. The molecule has 0 aliphatic carbocycles. The molecule has 0 atom stereocenters. The Morgan fingerprint density at radius 3 is 2.09 bits per heavy atom. The number of hydrogen-bond acceptors (Lipinski definition) is 0. The van der Waals surface area contributed by atoms with Crippen molar-refractivity contribution in [3.63, 3.8) is 0 Å². The molecule has 0 aliphatic rings. The van der Waals surface area contributed by atoms with Crippen LogP contribution < -0.4 is 4.57 Å². The normalized spacial score (nSPS) is 7.82. The largest absolute Gasteiger partial charge is 0.205 e. The van der Waals surface area contributed by atoms with Gasteiger partial charge in [0.2, 0.25) is 0 Å². The maximum absolute atomic E-state index is 4.76. The molecule has 1 aromatic rings. The topological polar surface area (TPSA) is 3.88 Å². The van der Waals surface area contributed by atoms with Gasteiger partial charge >= 0.3 is 0 Å². The molecular weight excluding hydrogens is 158 g/mol. The van der Waals surface area contributed by atoms with Gasteiger partial charge in [-0.2, -0.15) is 0 Å². The second-order valence-electron chi connectivity index (χ2n) is 1.86. The van der Waals surface area contributed by atoms with Crippen LogP contribution in [-0.4, -0.2) is 0 Å². The molecule has 0 amide bonds. The van der Waals surface area contributed by atoms with E-state index in [0.717, 1.165) is 6.54 Å². The van der Waals surface area contributed by atoms with Gasteiger partial charge in [-0.3, -0.25) is 0 Å². The molecule has 11 heavy (non-hydrogen) atoms. The SMILES string of the molecule is C=CCl.CC[n+]1ccccc1. The summed E-state index contributed by atoms with van der Waals surface area (Å²) in [5, 5.41) is 0. The molecule has 0 saturated carbocycles. The van der Waals surface area contributed by atoms with Crippen LogP contribution in [0.25, 0.3) is 0 Å². The van der Waals surface area contributed by atoms with Crippen LogP contribution in [-0.2, 0) is 6.54 Å². The average molecular weight is 171 g/mol. The Balaban J connectivity index is 0.000000292. The number of pyridine rings is 1. The van der Waals surface area contributed by atoms with Gasteiger partial charge in [0.1, 0.15) is 6.54 Å². The molecule has 1 rings (SSSR count). The van der Waals surface area contributed by atoms with Gasteiger partial charge in [0.05, 0.1) is 0 Å². The number of halogens is 1. The van der Waals surface area contributed by atoms with Crippen LogP contribution in [0.2, 0.25) is 0 Å². The average Bonchev–Trinajstić information content (AvgIpc) is 2.08. The first-order valence-electron chi connectivity index (χ1n) is 3.50. The van der Waals surface area contributed by atoms with Crippen LogP contribution in [0, 0.1) is 0 Å². The second kappa shape index (κ2) is 7.29. The zero-order valence-electron chi connectivity index (χ0n) is 6.70. The highest BCUT2D eigenvalue weighted by molar-refractivity contribution is 6.25. The van der Waals surface area contributed by atoms with Crippen LogP contribution >= 0.6 is 11.6 Å². The minimum absolute atomic E-state index is 1.06. The van der Waals surface area contributed by atoms with E-state index < -0.39 is 0 Å². The van der Waals surface area contributed by atoms with Gasteiger partial charge in [0, 0.05) is 12.1 Å². The van der Waals surface area contributed by atoms with E-state index in [9.17, 15) is 0 Å². The maximum atomic E-state index is 4.76. The highest BCUT2D eigenvalue weighted by Crippen LogP contribution is 1.74. The first-order valence-corrected chi connectivity index (χ1v) is 3.94. The van der Waals surface area contributed by atoms with Gasteiger partial charge in [-0.15, -0.1) is 0 Å². The number of aryl methyl sites for hydroxylation is 1. The number of rotatable bonds is 1. The summed E-state index contributed by atoms with van der Waals surface area (Å²) in [4.78, 5) is 0. The molecule has 0 unspecified atom stereocenters. The summed E-state index contributed by atoms with van der Waals surface area (Å²) in [6.07, 6.45) is 4.11.